The first-order chi connectivity index (χ1) is 11.3. The lowest BCUT2D eigenvalue weighted by Gasteiger charge is -2.45. The van der Waals surface area contributed by atoms with E-state index in [9.17, 15) is 4.79 Å². The summed E-state index contributed by atoms with van der Waals surface area (Å²) < 4.78 is 0. The fourth-order valence-electron chi connectivity index (χ4n) is 3.50. The number of para-hydroxylation sites is 2. The first kappa shape index (κ1) is 14.2. The van der Waals surface area contributed by atoms with Gasteiger partial charge in [-0.15, -0.1) is 0 Å². The van der Waals surface area contributed by atoms with Crippen LogP contribution in [-0.2, 0) is 11.3 Å². The Morgan fingerprint density at radius 3 is 2.65 bits per heavy atom. The Kier molecular flexibility index (Phi) is 3.50. The molecule has 2 aromatic rings. The number of carbonyl (C=O) groups is 1. The van der Waals surface area contributed by atoms with Crippen LogP contribution in [0.15, 0.2) is 48.7 Å². The molecule has 0 unspecified atom stereocenters. The maximum absolute atomic E-state index is 13.3. The maximum Gasteiger partial charge on any atom is 0.253 e. The van der Waals surface area contributed by atoms with Gasteiger partial charge < -0.3 is 15.5 Å². The van der Waals surface area contributed by atoms with E-state index in [-0.39, 0.29) is 5.91 Å². The second-order valence-corrected chi connectivity index (χ2v) is 6.19. The van der Waals surface area contributed by atoms with Crippen LogP contribution in [-0.4, -0.2) is 29.5 Å². The highest BCUT2D eigenvalue weighted by atomic mass is 16.2. The molecule has 1 aromatic carbocycles. The summed E-state index contributed by atoms with van der Waals surface area (Å²) in [6.07, 6.45) is 3.38. The summed E-state index contributed by atoms with van der Waals surface area (Å²) >= 11 is 0. The van der Waals surface area contributed by atoms with Crippen molar-refractivity contribution >= 4 is 17.3 Å². The van der Waals surface area contributed by atoms with E-state index in [0.717, 1.165) is 43.0 Å². The smallest absolute Gasteiger partial charge is 0.253 e. The minimum atomic E-state index is -0.492. The van der Waals surface area contributed by atoms with Crippen LogP contribution >= 0.6 is 0 Å². The van der Waals surface area contributed by atoms with Gasteiger partial charge in [0.1, 0.15) is 5.54 Å². The Labute approximate surface area is 135 Å². The number of nitrogens with one attached hydrogen (secondary N) is 2. The van der Waals surface area contributed by atoms with Gasteiger partial charge in [-0.25, -0.2) is 0 Å². The molecule has 1 spiro atoms. The molecular weight excluding hydrogens is 288 g/mol. The number of fused-ring (bicyclic) bond motifs is 1. The van der Waals surface area contributed by atoms with Crippen LogP contribution in [0.2, 0.25) is 0 Å². The Morgan fingerprint density at radius 2 is 1.87 bits per heavy atom. The summed E-state index contributed by atoms with van der Waals surface area (Å²) in [5.74, 6) is 0.156. The fourth-order valence-corrected chi connectivity index (χ4v) is 3.50. The van der Waals surface area contributed by atoms with E-state index in [1.54, 1.807) is 6.20 Å². The number of amides is 1. The van der Waals surface area contributed by atoms with Crippen LogP contribution in [0, 0.1) is 0 Å². The second-order valence-electron chi connectivity index (χ2n) is 6.19. The summed E-state index contributed by atoms with van der Waals surface area (Å²) in [6, 6.07) is 13.8. The lowest BCUT2D eigenvalue weighted by molar-refractivity contribution is -0.124. The number of benzene rings is 1. The third-order valence-corrected chi connectivity index (χ3v) is 4.73. The van der Waals surface area contributed by atoms with Gasteiger partial charge >= 0.3 is 0 Å². The fraction of sp³-hybridized carbons (Fsp3) is 0.333. The zero-order chi connectivity index (χ0) is 15.7. The molecule has 5 nitrogen and oxygen atoms in total. The maximum atomic E-state index is 13.3. The molecule has 0 saturated carbocycles. The van der Waals surface area contributed by atoms with Crippen LogP contribution < -0.4 is 15.5 Å². The largest absolute Gasteiger partial charge is 0.369 e. The lowest BCUT2D eigenvalue weighted by Crippen LogP contribution is -2.61. The number of anilines is 2. The minimum absolute atomic E-state index is 0.156. The molecule has 5 heteroatoms. The van der Waals surface area contributed by atoms with Gasteiger partial charge in [0.2, 0.25) is 0 Å². The van der Waals surface area contributed by atoms with Crippen molar-refractivity contribution < 1.29 is 4.79 Å². The van der Waals surface area contributed by atoms with Crippen molar-refractivity contribution in [2.45, 2.75) is 24.9 Å². The monoisotopic (exact) mass is 308 g/mol. The van der Waals surface area contributed by atoms with E-state index < -0.39 is 5.54 Å². The molecule has 0 radical (unpaired) electrons. The molecular formula is C18H20N4O. The van der Waals surface area contributed by atoms with Crippen LogP contribution in [0.1, 0.15) is 18.5 Å². The van der Waals surface area contributed by atoms with Crippen molar-refractivity contribution in [2.24, 2.45) is 0 Å². The lowest BCUT2D eigenvalue weighted by atomic mass is 9.84. The van der Waals surface area contributed by atoms with E-state index in [2.05, 4.69) is 21.7 Å². The molecule has 0 bridgehead atoms. The molecule has 2 N–H and O–H groups in total. The number of hydrogen-bond acceptors (Lipinski definition) is 4. The van der Waals surface area contributed by atoms with Crippen molar-refractivity contribution in [3.8, 4) is 0 Å². The molecule has 23 heavy (non-hydrogen) atoms. The molecule has 4 rings (SSSR count). The SMILES string of the molecule is O=C1N(Cc2ccccn2)c2ccccc2NC12CCNCC2. The van der Waals surface area contributed by atoms with E-state index in [4.69, 9.17) is 0 Å². The number of rotatable bonds is 2. The van der Waals surface area contributed by atoms with Gasteiger partial charge in [-0.2, -0.15) is 0 Å². The van der Waals surface area contributed by atoms with E-state index in [1.165, 1.54) is 0 Å². The third kappa shape index (κ3) is 2.47. The van der Waals surface area contributed by atoms with Gasteiger partial charge in [0.15, 0.2) is 0 Å². The third-order valence-electron chi connectivity index (χ3n) is 4.73. The number of pyridine rings is 1. The average Bonchev–Trinajstić information content (AvgIpc) is 2.61. The van der Waals surface area contributed by atoms with Crippen molar-refractivity contribution in [2.75, 3.05) is 23.3 Å². The van der Waals surface area contributed by atoms with Gasteiger partial charge in [0.25, 0.3) is 5.91 Å². The van der Waals surface area contributed by atoms with Crippen LogP contribution in [0.4, 0.5) is 11.4 Å². The summed E-state index contributed by atoms with van der Waals surface area (Å²) in [5, 5.41) is 6.87. The molecule has 118 valence electrons. The first-order valence-electron chi connectivity index (χ1n) is 8.08. The van der Waals surface area contributed by atoms with Crippen LogP contribution in [0.3, 0.4) is 0 Å². The van der Waals surface area contributed by atoms with Crippen LogP contribution in [0.5, 0.6) is 0 Å². The standard InChI is InChI=1S/C18H20N4O/c23-17-18(8-11-19-12-9-18)21-15-6-1-2-7-16(15)22(17)13-14-5-3-4-10-20-14/h1-7,10,19,21H,8-9,11-13H2. The molecule has 1 fully saturated rings. The van der Waals surface area contributed by atoms with E-state index >= 15 is 0 Å². The normalized spacial score (nSPS) is 19.3. The highest BCUT2D eigenvalue weighted by Crippen LogP contribution is 2.39. The van der Waals surface area contributed by atoms with Crippen LogP contribution in [0.25, 0.3) is 0 Å². The zero-order valence-electron chi connectivity index (χ0n) is 13.0. The Morgan fingerprint density at radius 1 is 1.09 bits per heavy atom. The molecule has 2 aliphatic heterocycles. The molecule has 0 aliphatic carbocycles. The molecule has 3 heterocycles. The zero-order valence-corrected chi connectivity index (χ0v) is 13.0. The predicted molar refractivity (Wildman–Crippen MR) is 90.3 cm³/mol. The van der Waals surface area contributed by atoms with Crippen molar-refractivity contribution in [3.63, 3.8) is 0 Å². The quantitative estimate of drug-likeness (QED) is 0.893. The topological polar surface area (TPSA) is 57.3 Å². The summed E-state index contributed by atoms with van der Waals surface area (Å²) in [4.78, 5) is 19.6. The number of nitrogens with zero attached hydrogens (tertiary/aromatic N) is 2. The highest BCUT2D eigenvalue weighted by Gasteiger charge is 2.46. The van der Waals surface area contributed by atoms with Gasteiger partial charge in [0, 0.05) is 6.20 Å². The number of piperidine rings is 1. The molecule has 2 aliphatic rings. The van der Waals surface area contributed by atoms with Crippen molar-refractivity contribution in [3.05, 3.63) is 54.4 Å². The van der Waals surface area contributed by atoms with E-state index in [0.29, 0.717) is 6.54 Å². The Hall–Kier alpha value is -2.40. The minimum Gasteiger partial charge on any atom is -0.369 e. The van der Waals surface area contributed by atoms with Gasteiger partial charge in [-0.05, 0) is 50.2 Å². The summed E-state index contributed by atoms with van der Waals surface area (Å²) in [5.41, 5.74) is 2.38. The van der Waals surface area contributed by atoms with Gasteiger partial charge in [-0.3, -0.25) is 9.78 Å². The summed E-state index contributed by atoms with van der Waals surface area (Å²) in [7, 11) is 0. The van der Waals surface area contributed by atoms with Crippen molar-refractivity contribution in [1.29, 1.82) is 0 Å². The Balaban J connectivity index is 1.74. The van der Waals surface area contributed by atoms with E-state index in [1.807, 2.05) is 41.3 Å². The van der Waals surface area contributed by atoms with Gasteiger partial charge in [-0.1, -0.05) is 18.2 Å². The molecule has 1 aromatic heterocycles. The molecule has 0 atom stereocenters. The number of hydrogen-bond donors (Lipinski definition) is 2. The second kappa shape index (κ2) is 5.66. The van der Waals surface area contributed by atoms with Crippen molar-refractivity contribution in [1.82, 2.24) is 10.3 Å². The summed E-state index contributed by atoms with van der Waals surface area (Å²) in [6.45, 7) is 2.23. The molecule has 1 saturated heterocycles. The highest BCUT2D eigenvalue weighted by molar-refractivity contribution is 6.07. The average molecular weight is 308 g/mol. The Bertz CT molecular complexity index is 710. The predicted octanol–water partition coefficient (Wildman–Crippen LogP) is 2.16. The first-order valence-corrected chi connectivity index (χ1v) is 8.08. The number of aromatic nitrogens is 1. The number of carbonyl (C=O) groups excluding carboxylic acids is 1. The molecule has 1 amide bonds. The van der Waals surface area contributed by atoms with Gasteiger partial charge in [0.05, 0.1) is 23.6 Å².